The van der Waals surface area contributed by atoms with E-state index in [0.717, 1.165) is 31.2 Å². The fourth-order valence-electron chi connectivity index (χ4n) is 3.17. The Morgan fingerprint density at radius 1 is 1.23 bits per heavy atom. The first kappa shape index (κ1) is 20.9. The highest BCUT2D eigenvalue weighted by atomic mass is 32.2. The van der Waals surface area contributed by atoms with Gasteiger partial charge in [-0.05, 0) is 50.7 Å². The highest BCUT2D eigenvalue weighted by molar-refractivity contribution is 7.89. The first-order valence-electron chi connectivity index (χ1n) is 9.26. The summed E-state index contributed by atoms with van der Waals surface area (Å²) in [6.45, 7) is 4.27. The highest BCUT2D eigenvalue weighted by Gasteiger charge is 2.29. The summed E-state index contributed by atoms with van der Waals surface area (Å²) in [5.41, 5.74) is 1.04. The molecule has 1 aromatic carbocycles. The first-order chi connectivity index (χ1) is 12.4. The van der Waals surface area contributed by atoms with E-state index in [2.05, 4.69) is 5.32 Å². The number of hydrogen-bond donors (Lipinski definition) is 1. The number of benzene rings is 1. The summed E-state index contributed by atoms with van der Waals surface area (Å²) in [4.78, 5) is 12.2. The lowest BCUT2D eigenvalue weighted by molar-refractivity contribution is -0.121. The Hall–Kier alpha value is -1.44. The number of nitrogens with zero attached hydrogens (tertiary/aromatic N) is 1. The molecule has 1 aromatic rings. The van der Waals surface area contributed by atoms with Gasteiger partial charge >= 0.3 is 0 Å². The number of ether oxygens (including phenoxy) is 1. The van der Waals surface area contributed by atoms with Crippen molar-refractivity contribution in [3.05, 3.63) is 29.8 Å². The highest BCUT2D eigenvalue weighted by Crippen LogP contribution is 2.26. The second-order valence-corrected chi connectivity index (χ2v) is 8.83. The zero-order chi connectivity index (χ0) is 19.0. The van der Waals surface area contributed by atoms with E-state index in [1.807, 2.05) is 19.1 Å². The molecular weight excluding hydrogens is 352 g/mol. The summed E-state index contributed by atoms with van der Waals surface area (Å²) < 4.78 is 31.9. The van der Waals surface area contributed by atoms with Gasteiger partial charge in [0.15, 0.2) is 0 Å². The van der Waals surface area contributed by atoms with Crippen LogP contribution in [-0.2, 0) is 19.6 Å². The van der Waals surface area contributed by atoms with Crippen LogP contribution in [0.2, 0.25) is 0 Å². The summed E-state index contributed by atoms with van der Waals surface area (Å²) in [6.07, 6.45) is 3.75. The Labute approximate surface area is 157 Å². The molecule has 2 rings (SSSR count). The van der Waals surface area contributed by atoms with E-state index in [-0.39, 0.29) is 5.91 Å². The summed E-state index contributed by atoms with van der Waals surface area (Å²) in [6, 6.07) is 6.99. The second-order valence-electron chi connectivity index (χ2n) is 6.90. The van der Waals surface area contributed by atoms with Crippen LogP contribution in [0.5, 0.6) is 0 Å². The molecule has 1 saturated heterocycles. The topological polar surface area (TPSA) is 75.7 Å². The predicted octanol–water partition coefficient (Wildman–Crippen LogP) is 2.33. The molecule has 26 heavy (non-hydrogen) atoms. The first-order valence-corrected chi connectivity index (χ1v) is 10.7. The lowest BCUT2D eigenvalue weighted by Crippen LogP contribution is -2.38. The van der Waals surface area contributed by atoms with E-state index < -0.39 is 10.0 Å². The van der Waals surface area contributed by atoms with E-state index >= 15 is 0 Å². The minimum Gasteiger partial charge on any atom is -0.385 e. The number of methoxy groups -OCH3 is 1. The summed E-state index contributed by atoms with van der Waals surface area (Å²) >= 11 is 0. The van der Waals surface area contributed by atoms with Crippen molar-refractivity contribution >= 4 is 15.9 Å². The van der Waals surface area contributed by atoms with Crippen LogP contribution in [0.15, 0.2) is 29.2 Å². The van der Waals surface area contributed by atoms with Gasteiger partial charge in [0.25, 0.3) is 0 Å². The molecule has 0 atom stereocenters. The van der Waals surface area contributed by atoms with E-state index in [1.54, 1.807) is 23.5 Å². The van der Waals surface area contributed by atoms with Gasteiger partial charge in [-0.1, -0.05) is 17.7 Å². The number of amides is 1. The number of aryl methyl sites for hydroxylation is 1. The molecule has 0 saturated carbocycles. The minimum atomic E-state index is -3.41. The van der Waals surface area contributed by atoms with Gasteiger partial charge < -0.3 is 10.1 Å². The van der Waals surface area contributed by atoms with Gasteiger partial charge in [-0.25, -0.2) is 8.42 Å². The van der Waals surface area contributed by atoms with Gasteiger partial charge in [0, 0.05) is 39.8 Å². The molecule has 1 N–H and O–H groups in total. The molecule has 0 aliphatic carbocycles. The van der Waals surface area contributed by atoms with Crippen molar-refractivity contribution in [3.8, 4) is 0 Å². The number of piperidine rings is 1. The maximum absolute atomic E-state index is 12.7. The normalized spacial score (nSPS) is 16.5. The van der Waals surface area contributed by atoms with E-state index in [0.29, 0.717) is 43.5 Å². The molecule has 0 spiro atoms. The van der Waals surface area contributed by atoms with E-state index in [9.17, 15) is 13.2 Å². The van der Waals surface area contributed by atoms with Gasteiger partial charge in [0.2, 0.25) is 15.9 Å². The number of hydrogen-bond acceptors (Lipinski definition) is 4. The largest absolute Gasteiger partial charge is 0.385 e. The lowest BCUT2D eigenvalue weighted by atomic mass is 9.93. The molecule has 1 heterocycles. The third-order valence-corrected chi connectivity index (χ3v) is 6.77. The summed E-state index contributed by atoms with van der Waals surface area (Å²) in [7, 11) is -1.76. The fraction of sp³-hybridized carbons (Fsp3) is 0.632. The van der Waals surface area contributed by atoms with Gasteiger partial charge in [-0.3, -0.25) is 4.79 Å². The van der Waals surface area contributed by atoms with Crippen LogP contribution < -0.4 is 5.32 Å². The molecule has 146 valence electrons. The summed E-state index contributed by atoms with van der Waals surface area (Å²) in [5, 5.41) is 2.89. The van der Waals surface area contributed by atoms with Crippen molar-refractivity contribution in [1.29, 1.82) is 0 Å². The Kier molecular flexibility index (Phi) is 8.06. The van der Waals surface area contributed by atoms with Crippen LogP contribution >= 0.6 is 0 Å². The van der Waals surface area contributed by atoms with Crippen LogP contribution in [0, 0.1) is 12.8 Å². The molecule has 0 radical (unpaired) electrons. The Morgan fingerprint density at radius 3 is 2.50 bits per heavy atom. The molecule has 0 unspecified atom stereocenters. The Morgan fingerprint density at radius 2 is 1.88 bits per heavy atom. The van der Waals surface area contributed by atoms with Crippen molar-refractivity contribution in [2.45, 2.75) is 43.9 Å². The smallest absolute Gasteiger partial charge is 0.243 e. The maximum atomic E-state index is 12.7. The molecule has 7 heteroatoms. The average molecular weight is 383 g/mol. The predicted molar refractivity (Wildman–Crippen MR) is 101 cm³/mol. The standard InChI is InChI=1S/C19H30N2O4S/c1-16-4-7-18(8-5-16)26(23,24)21-13-10-17(11-14-21)6-9-19(22)20-12-3-15-25-2/h4-5,7-8,17H,3,6,9-15H2,1-2H3,(H,20,22). The zero-order valence-electron chi connectivity index (χ0n) is 15.7. The number of nitrogens with one attached hydrogen (secondary N) is 1. The molecular formula is C19H30N2O4S. The number of rotatable bonds is 9. The number of sulfonamides is 1. The summed E-state index contributed by atoms with van der Waals surface area (Å²) in [5.74, 6) is 0.472. The minimum absolute atomic E-state index is 0.0656. The zero-order valence-corrected chi connectivity index (χ0v) is 16.6. The van der Waals surface area contributed by atoms with Gasteiger partial charge in [0.05, 0.1) is 4.90 Å². The number of carbonyl (C=O) groups excluding carboxylic acids is 1. The van der Waals surface area contributed by atoms with Crippen molar-refractivity contribution in [1.82, 2.24) is 9.62 Å². The van der Waals surface area contributed by atoms with Crippen LogP contribution in [-0.4, -0.2) is 52.0 Å². The average Bonchev–Trinajstić information content (AvgIpc) is 2.64. The van der Waals surface area contributed by atoms with Crippen LogP contribution in [0.25, 0.3) is 0 Å². The monoisotopic (exact) mass is 382 g/mol. The van der Waals surface area contributed by atoms with Crippen molar-refractivity contribution in [2.75, 3.05) is 33.4 Å². The second kappa shape index (κ2) is 10.0. The molecule has 6 nitrogen and oxygen atoms in total. The Bertz CT molecular complexity index is 665. The molecule has 1 aliphatic heterocycles. The third-order valence-electron chi connectivity index (χ3n) is 4.86. The van der Waals surface area contributed by atoms with Gasteiger partial charge in [0.1, 0.15) is 0 Å². The molecule has 0 aromatic heterocycles. The SMILES string of the molecule is COCCCNC(=O)CCC1CCN(S(=O)(=O)c2ccc(C)cc2)CC1. The quantitative estimate of drug-likeness (QED) is 0.665. The van der Waals surface area contributed by atoms with Crippen LogP contribution in [0.1, 0.15) is 37.7 Å². The van der Waals surface area contributed by atoms with E-state index in [4.69, 9.17) is 4.74 Å². The Balaban J connectivity index is 1.74. The molecule has 0 bridgehead atoms. The van der Waals surface area contributed by atoms with Crippen LogP contribution in [0.3, 0.4) is 0 Å². The number of carbonyl (C=O) groups is 1. The molecule has 1 aliphatic rings. The lowest BCUT2D eigenvalue weighted by Gasteiger charge is -2.31. The third kappa shape index (κ3) is 6.07. The van der Waals surface area contributed by atoms with Gasteiger partial charge in [-0.15, -0.1) is 0 Å². The van der Waals surface area contributed by atoms with Crippen LogP contribution in [0.4, 0.5) is 0 Å². The molecule has 1 amide bonds. The van der Waals surface area contributed by atoms with Crippen molar-refractivity contribution < 1.29 is 17.9 Å². The maximum Gasteiger partial charge on any atom is 0.243 e. The fourth-order valence-corrected chi connectivity index (χ4v) is 4.64. The van der Waals surface area contributed by atoms with Crippen molar-refractivity contribution in [2.24, 2.45) is 5.92 Å². The molecule has 1 fully saturated rings. The van der Waals surface area contributed by atoms with Crippen molar-refractivity contribution in [3.63, 3.8) is 0 Å². The van der Waals surface area contributed by atoms with Gasteiger partial charge in [-0.2, -0.15) is 4.31 Å². The van der Waals surface area contributed by atoms with E-state index in [1.165, 1.54) is 0 Å².